The van der Waals surface area contributed by atoms with Gasteiger partial charge in [-0.2, -0.15) is 0 Å². The SMILES string of the molecule is COCCN1CCC(NCc2ccc(OC)c(OCc3cccnc3)c2)CC1. The molecule has 28 heavy (non-hydrogen) atoms. The van der Waals surface area contributed by atoms with Crippen LogP contribution in [0.4, 0.5) is 0 Å². The van der Waals surface area contributed by atoms with Gasteiger partial charge in [0.2, 0.25) is 0 Å². The van der Waals surface area contributed by atoms with Crippen molar-refractivity contribution in [3.8, 4) is 11.5 Å². The van der Waals surface area contributed by atoms with Crippen LogP contribution in [0.3, 0.4) is 0 Å². The maximum Gasteiger partial charge on any atom is 0.161 e. The molecule has 1 aliphatic rings. The Morgan fingerprint density at radius 1 is 1.11 bits per heavy atom. The average Bonchev–Trinajstić information content (AvgIpc) is 2.76. The highest BCUT2D eigenvalue weighted by molar-refractivity contribution is 5.43. The molecule has 152 valence electrons. The molecule has 1 fully saturated rings. The summed E-state index contributed by atoms with van der Waals surface area (Å²) < 4.78 is 16.6. The first-order valence-corrected chi connectivity index (χ1v) is 9.92. The Morgan fingerprint density at radius 2 is 1.96 bits per heavy atom. The largest absolute Gasteiger partial charge is 0.493 e. The topological polar surface area (TPSA) is 55.9 Å². The molecule has 0 spiro atoms. The number of nitrogens with zero attached hydrogens (tertiary/aromatic N) is 2. The second-order valence-corrected chi connectivity index (χ2v) is 7.12. The average molecular weight is 386 g/mol. The van der Waals surface area contributed by atoms with E-state index in [9.17, 15) is 0 Å². The molecule has 1 aromatic heterocycles. The van der Waals surface area contributed by atoms with Gasteiger partial charge in [0.05, 0.1) is 13.7 Å². The van der Waals surface area contributed by atoms with E-state index in [0.717, 1.165) is 49.8 Å². The molecule has 6 heteroatoms. The van der Waals surface area contributed by atoms with Crippen molar-refractivity contribution in [1.29, 1.82) is 0 Å². The third kappa shape index (κ3) is 6.19. The second kappa shape index (κ2) is 11.0. The molecule has 0 bridgehead atoms. The molecule has 1 N–H and O–H groups in total. The van der Waals surface area contributed by atoms with Gasteiger partial charge in [0, 0.05) is 44.2 Å². The number of rotatable bonds is 10. The summed E-state index contributed by atoms with van der Waals surface area (Å²) in [6, 6.07) is 10.6. The lowest BCUT2D eigenvalue weighted by Crippen LogP contribution is -2.43. The van der Waals surface area contributed by atoms with Crippen molar-refractivity contribution >= 4 is 0 Å². The Balaban J connectivity index is 1.50. The lowest BCUT2D eigenvalue weighted by Gasteiger charge is -2.32. The van der Waals surface area contributed by atoms with Crippen LogP contribution in [0.5, 0.6) is 11.5 Å². The van der Waals surface area contributed by atoms with Gasteiger partial charge < -0.3 is 24.4 Å². The molecule has 6 nitrogen and oxygen atoms in total. The summed E-state index contributed by atoms with van der Waals surface area (Å²) in [7, 11) is 3.43. The van der Waals surface area contributed by atoms with Crippen molar-refractivity contribution in [1.82, 2.24) is 15.2 Å². The Labute approximate surface area is 167 Å². The molecule has 0 unspecified atom stereocenters. The van der Waals surface area contributed by atoms with E-state index in [0.29, 0.717) is 12.6 Å². The summed E-state index contributed by atoms with van der Waals surface area (Å²) in [6.07, 6.45) is 5.92. The number of hydrogen-bond acceptors (Lipinski definition) is 6. The molecular formula is C22H31N3O3. The third-order valence-electron chi connectivity index (χ3n) is 5.14. The number of hydrogen-bond donors (Lipinski definition) is 1. The Morgan fingerprint density at radius 3 is 2.68 bits per heavy atom. The van der Waals surface area contributed by atoms with E-state index in [1.54, 1.807) is 20.4 Å². The van der Waals surface area contributed by atoms with Gasteiger partial charge in [-0.15, -0.1) is 0 Å². The van der Waals surface area contributed by atoms with Crippen molar-refractivity contribution in [2.75, 3.05) is 40.5 Å². The smallest absolute Gasteiger partial charge is 0.161 e. The maximum atomic E-state index is 5.99. The minimum atomic E-state index is 0.473. The number of likely N-dealkylation sites (tertiary alicyclic amines) is 1. The van der Waals surface area contributed by atoms with Crippen LogP contribution < -0.4 is 14.8 Å². The first-order valence-electron chi connectivity index (χ1n) is 9.92. The van der Waals surface area contributed by atoms with Gasteiger partial charge in [-0.1, -0.05) is 12.1 Å². The molecule has 0 aliphatic carbocycles. The number of aromatic nitrogens is 1. The zero-order valence-corrected chi connectivity index (χ0v) is 16.9. The van der Waals surface area contributed by atoms with E-state index in [-0.39, 0.29) is 0 Å². The molecule has 0 atom stereocenters. The first-order chi connectivity index (χ1) is 13.8. The number of benzene rings is 1. The van der Waals surface area contributed by atoms with Crippen molar-refractivity contribution in [2.24, 2.45) is 0 Å². The fourth-order valence-corrected chi connectivity index (χ4v) is 3.43. The van der Waals surface area contributed by atoms with Crippen LogP contribution in [0.2, 0.25) is 0 Å². The molecular weight excluding hydrogens is 354 g/mol. The zero-order chi connectivity index (χ0) is 19.6. The van der Waals surface area contributed by atoms with Crippen molar-refractivity contribution in [3.63, 3.8) is 0 Å². The molecule has 2 heterocycles. The van der Waals surface area contributed by atoms with Crippen LogP contribution in [0.15, 0.2) is 42.7 Å². The van der Waals surface area contributed by atoms with Gasteiger partial charge in [0.25, 0.3) is 0 Å². The van der Waals surface area contributed by atoms with Crippen LogP contribution in [0.25, 0.3) is 0 Å². The highest BCUT2D eigenvalue weighted by Crippen LogP contribution is 2.29. The van der Waals surface area contributed by atoms with Gasteiger partial charge in [0.15, 0.2) is 11.5 Å². The first kappa shape index (κ1) is 20.6. The molecule has 1 aliphatic heterocycles. The molecule has 1 saturated heterocycles. The number of nitrogens with one attached hydrogen (secondary N) is 1. The number of pyridine rings is 1. The molecule has 0 saturated carbocycles. The van der Waals surface area contributed by atoms with Crippen LogP contribution >= 0.6 is 0 Å². The summed E-state index contributed by atoms with van der Waals surface area (Å²) in [4.78, 5) is 6.60. The van der Waals surface area contributed by atoms with Gasteiger partial charge in [-0.05, 0) is 49.7 Å². The summed E-state index contributed by atoms with van der Waals surface area (Å²) in [6.45, 7) is 5.40. The third-order valence-corrected chi connectivity index (χ3v) is 5.14. The summed E-state index contributed by atoms with van der Waals surface area (Å²) in [5.74, 6) is 1.51. The van der Waals surface area contributed by atoms with E-state index in [1.165, 1.54) is 18.4 Å². The number of piperidine rings is 1. The Hall–Kier alpha value is -2.15. The van der Waals surface area contributed by atoms with Crippen molar-refractivity contribution in [2.45, 2.75) is 32.0 Å². The molecule has 2 aromatic rings. The summed E-state index contributed by atoms with van der Waals surface area (Å²) >= 11 is 0. The Kier molecular flexibility index (Phi) is 8.08. The second-order valence-electron chi connectivity index (χ2n) is 7.12. The van der Waals surface area contributed by atoms with E-state index in [2.05, 4.69) is 27.3 Å². The van der Waals surface area contributed by atoms with E-state index in [1.807, 2.05) is 24.4 Å². The predicted molar refractivity (Wildman–Crippen MR) is 110 cm³/mol. The monoisotopic (exact) mass is 385 g/mol. The van der Waals surface area contributed by atoms with Crippen molar-refractivity contribution < 1.29 is 14.2 Å². The summed E-state index contributed by atoms with van der Waals surface area (Å²) in [5, 5.41) is 3.69. The maximum absolute atomic E-state index is 5.99. The minimum absolute atomic E-state index is 0.473. The highest BCUT2D eigenvalue weighted by atomic mass is 16.5. The lowest BCUT2D eigenvalue weighted by molar-refractivity contribution is 0.126. The quantitative estimate of drug-likeness (QED) is 0.679. The minimum Gasteiger partial charge on any atom is -0.493 e. The van der Waals surface area contributed by atoms with Crippen molar-refractivity contribution in [3.05, 3.63) is 53.9 Å². The number of ether oxygens (including phenoxy) is 3. The van der Waals surface area contributed by atoms with Crippen LogP contribution in [-0.2, 0) is 17.9 Å². The van der Waals surface area contributed by atoms with Crippen LogP contribution in [0.1, 0.15) is 24.0 Å². The fourth-order valence-electron chi connectivity index (χ4n) is 3.43. The van der Waals surface area contributed by atoms with Crippen LogP contribution in [0, 0.1) is 0 Å². The van der Waals surface area contributed by atoms with Gasteiger partial charge in [-0.25, -0.2) is 0 Å². The zero-order valence-electron chi connectivity index (χ0n) is 16.9. The lowest BCUT2D eigenvalue weighted by atomic mass is 10.0. The van der Waals surface area contributed by atoms with E-state index < -0.39 is 0 Å². The fraction of sp³-hybridized carbons (Fsp3) is 0.500. The Bertz CT molecular complexity index is 703. The van der Waals surface area contributed by atoms with Gasteiger partial charge in [-0.3, -0.25) is 4.98 Å². The molecule has 0 radical (unpaired) electrons. The normalized spacial score (nSPS) is 15.5. The van der Waals surface area contributed by atoms with Gasteiger partial charge >= 0.3 is 0 Å². The molecule has 0 amide bonds. The number of methoxy groups -OCH3 is 2. The highest BCUT2D eigenvalue weighted by Gasteiger charge is 2.18. The van der Waals surface area contributed by atoms with Gasteiger partial charge in [0.1, 0.15) is 6.61 Å². The molecule has 3 rings (SSSR count). The van der Waals surface area contributed by atoms with E-state index in [4.69, 9.17) is 14.2 Å². The molecule has 1 aromatic carbocycles. The van der Waals surface area contributed by atoms with Crippen LogP contribution in [-0.4, -0.2) is 56.4 Å². The summed E-state index contributed by atoms with van der Waals surface area (Å²) in [5.41, 5.74) is 2.23. The predicted octanol–water partition coefficient (Wildman–Crippen LogP) is 2.87. The van der Waals surface area contributed by atoms with E-state index >= 15 is 0 Å². The standard InChI is InChI=1S/C22H31N3O3/c1-26-13-12-25-10-7-20(8-11-25)24-16-18-5-6-21(27-2)22(14-18)28-17-19-4-3-9-23-15-19/h3-6,9,14-15,20,24H,7-8,10-13,16-17H2,1-2H3.